The largest absolute Gasteiger partial charge is 0.352 e. The summed E-state index contributed by atoms with van der Waals surface area (Å²) in [5, 5.41) is 3.98. The van der Waals surface area contributed by atoms with E-state index in [0.717, 1.165) is 41.3 Å². The minimum atomic E-state index is 0.175. The molecule has 4 nitrogen and oxygen atoms in total. The van der Waals surface area contributed by atoms with E-state index in [-0.39, 0.29) is 5.91 Å². The van der Waals surface area contributed by atoms with Gasteiger partial charge in [-0.1, -0.05) is 23.5 Å². The normalized spacial score (nSPS) is 15.1. The molecule has 1 N–H and O–H groups in total. The summed E-state index contributed by atoms with van der Waals surface area (Å²) < 4.78 is 1.16. The molecule has 0 spiro atoms. The summed E-state index contributed by atoms with van der Waals surface area (Å²) in [6.45, 7) is 4.21. The van der Waals surface area contributed by atoms with E-state index in [1.54, 1.807) is 11.3 Å². The third-order valence-corrected chi connectivity index (χ3v) is 4.45. The van der Waals surface area contributed by atoms with Crippen molar-refractivity contribution in [2.45, 2.75) is 19.8 Å². The highest BCUT2D eigenvalue weighted by atomic mass is 32.1. The van der Waals surface area contributed by atoms with Gasteiger partial charge in [-0.15, -0.1) is 0 Å². The summed E-state index contributed by atoms with van der Waals surface area (Å²) in [6, 6.07) is 6.16. The maximum Gasteiger partial charge on any atom is 0.241 e. The first-order valence-electron chi connectivity index (χ1n) is 6.62. The Hall–Kier alpha value is -1.62. The van der Waals surface area contributed by atoms with Gasteiger partial charge in [-0.2, -0.15) is 0 Å². The zero-order valence-electron chi connectivity index (χ0n) is 11.0. The van der Waals surface area contributed by atoms with E-state index in [2.05, 4.69) is 29.4 Å². The molecule has 0 bridgehead atoms. The minimum Gasteiger partial charge on any atom is -0.352 e. The number of aryl methyl sites for hydroxylation is 1. The summed E-state index contributed by atoms with van der Waals surface area (Å²) in [7, 11) is 0. The van der Waals surface area contributed by atoms with Crippen LogP contribution in [-0.2, 0) is 4.79 Å². The fraction of sp³-hybridized carbons (Fsp3) is 0.429. The maximum absolute atomic E-state index is 11.9. The first-order chi connectivity index (χ1) is 9.24. The average molecular weight is 275 g/mol. The van der Waals surface area contributed by atoms with E-state index in [1.165, 1.54) is 5.56 Å². The Morgan fingerprint density at radius 1 is 1.42 bits per heavy atom. The van der Waals surface area contributed by atoms with Crippen molar-refractivity contribution in [1.82, 2.24) is 9.88 Å². The Morgan fingerprint density at radius 2 is 2.21 bits per heavy atom. The Kier molecular flexibility index (Phi) is 3.38. The average Bonchev–Trinajstić information content (AvgIpc) is 3.05. The molecule has 1 aliphatic rings. The molecule has 2 aromatic rings. The fourth-order valence-corrected chi connectivity index (χ4v) is 3.33. The van der Waals surface area contributed by atoms with Gasteiger partial charge in [-0.25, -0.2) is 4.98 Å². The van der Waals surface area contributed by atoms with Crippen LogP contribution in [0.2, 0.25) is 0 Å². The highest BCUT2D eigenvalue weighted by Gasteiger charge is 2.17. The molecule has 1 amide bonds. The second-order valence-electron chi connectivity index (χ2n) is 4.88. The first kappa shape index (κ1) is 12.4. The molecule has 5 heteroatoms. The van der Waals surface area contributed by atoms with Gasteiger partial charge >= 0.3 is 0 Å². The SMILES string of the molecule is Cc1cccc2sc(NCC(=O)N3CCCC3)nc12. The molecule has 1 aromatic carbocycles. The molecule has 1 saturated heterocycles. The number of carbonyl (C=O) groups is 1. The van der Waals surface area contributed by atoms with E-state index in [1.807, 2.05) is 11.0 Å². The van der Waals surface area contributed by atoms with E-state index >= 15 is 0 Å². The Morgan fingerprint density at radius 3 is 2.95 bits per heavy atom. The number of anilines is 1. The van der Waals surface area contributed by atoms with Gasteiger partial charge in [-0.3, -0.25) is 4.79 Å². The van der Waals surface area contributed by atoms with Gasteiger partial charge in [0.15, 0.2) is 5.13 Å². The monoisotopic (exact) mass is 275 g/mol. The van der Waals surface area contributed by atoms with Crippen LogP contribution in [-0.4, -0.2) is 35.4 Å². The standard InChI is InChI=1S/C14H17N3OS/c1-10-5-4-6-11-13(10)16-14(19-11)15-9-12(18)17-7-2-3-8-17/h4-6H,2-3,7-9H2,1H3,(H,15,16). The molecule has 1 aromatic heterocycles. The molecule has 0 atom stereocenters. The number of amides is 1. The number of rotatable bonds is 3. The Labute approximate surface area is 116 Å². The molecule has 0 saturated carbocycles. The lowest BCUT2D eigenvalue weighted by Crippen LogP contribution is -2.32. The fourth-order valence-electron chi connectivity index (χ4n) is 2.39. The van der Waals surface area contributed by atoms with Gasteiger partial charge in [-0.05, 0) is 31.4 Å². The summed E-state index contributed by atoms with van der Waals surface area (Å²) in [5.41, 5.74) is 2.20. The molecule has 100 valence electrons. The van der Waals surface area contributed by atoms with Crippen molar-refractivity contribution in [3.8, 4) is 0 Å². The van der Waals surface area contributed by atoms with Gasteiger partial charge in [0.25, 0.3) is 0 Å². The van der Waals surface area contributed by atoms with E-state index in [4.69, 9.17) is 0 Å². The van der Waals surface area contributed by atoms with Crippen molar-refractivity contribution in [1.29, 1.82) is 0 Å². The number of hydrogen-bond acceptors (Lipinski definition) is 4. The minimum absolute atomic E-state index is 0.175. The number of nitrogens with zero attached hydrogens (tertiary/aromatic N) is 2. The number of thiazole rings is 1. The summed E-state index contributed by atoms with van der Waals surface area (Å²) in [4.78, 5) is 18.4. The number of hydrogen-bond donors (Lipinski definition) is 1. The van der Waals surface area contributed by atoms with E-state index in [0.29, 0.717) is 6.54 Å². The Bertz CT molecular complexity index is 602. The lowest BCUT2D eigenvalue weighted by molar-refractivity contribution is -0.128. The van der Waals surface area contributed by atoms with Gasteiger partial charge in [0.2, 0.25) is 5.91 Å². The molecule has 1 aliphatic heterocycles. The second-order valence-corrected chi connectivity index (χ2v) is 5.91. The van der Waals surface area contributed by atoms with Crippen LogP contribution in [0.15, 0.2) is 18.2 Å². The number of fused-ring (bicyclic) bond motifs is 1. The smallest absolute Gasteiger partial charge is 0.241 e. The maximum atomic E-state index is 11.9. The molecular weight excluding hydrogens is 258 g/mol. The number of aromatic nitrogens is 1. The molecule has 2 heterocycles. The van der Waals surface area contributed by atoms with Crippen molar-refractivity contribution in [3.05, 3.63) is 23.8 Å². The van der Waals surface area contributed by atoms with Gasteiger partial charge in [0.1, 0.15) is 0 Å². The zero-order valence-corrected chi connectivity index (χ0v) is 11.8. The number of carbonyl (C=O) groups excluding carboxylic acids is 1. The van der Waals surface area contributed by atoms with Gasteiger partial charge in [0.05, 0.1) is 16.8 Å². The molecule has 0 unspecified atom stereocenters. The predicted molar refractivity (Wildman–Crippen MR) is 78.7 cm³/mol. The van der Waals surface area contributed by atoms with Crippen LogP contribution in [0.4, 0.5) is 5.13 Å². The molecule has 0 radical (unpaired) electrons. The predicted octanol–water partition coefficient (Wildman–Crippen LogP) is 2.64. The number of likely N-dealkylation sites (tertiary alicyclic amines) is 1. The third-order valence-electron chi connectivity index (χ3n) is 3.47. The van der Waals surface area contributed by atoms with Crippen LogP contribution < -0.4 is 5.32 Å². The van der Waals surface area contributed by atoms with Crippen LogP contribution in [0.3, 0.4) is 0 Å². The van der Waals surface area contributed by atoms with Crippen molar-refractivity contribution in [3.63, 3.8) is 0 Å². The number of nitrogens with one attached hydrogen (secondary N) is 1. The lowest BCUT2D eigenvalue weighted by Gasteiger charge is -2.14. The summed E-state index contributed by atoms with van der Waals surface area (Å²) in [6.07, 6.45) is 2.26. The van der Waals surface area contributed by atoms with Crippen molar-refractivity contribution in [2.24, 2.45) is 0 Å². The molecular formula is C14H17N3OS. The zero-order chi connectivity index (χ0) is 13.2. The van der Waals surface area contributed by atoms with Crippen LogP contribution in [0.1, 0.15) is 18.4 Å². The number of benzene rings is 1. The van der Waals surface area contributed by atoms with Crippen LogP contribution in [0.5, 0.6) is 0 Å². The molecule has 1 fully saturated rings. The van der Waals surface area contributed by atoms with Crippen molar-refractivity contribution >= 4 is 32.6 Å². The first-order valence-corrected chi connectivity index (χ1v) is 7.43. The van der Waals surface area contributed by atoms with E-state index < -0.39 is 0 Å². The molecule has 0 aliphatic carbocycles. The van der Waals surface area contributed by atoms with Crippen LogP contribution in [0, 0.1) is 6.92 Å². The highest BCUT2D eigenvalue weighted by Crippen LogP contribution is 2.27. The van der Waals surface area contributed by atoms with Gasteiger partial charge < -0.3 is 10.2 Å². The molecule has 3 rings (SSSR count). The van der Waals surface area contributed by atoms with Crippen molar-refractivity contribution < 1.29 is 4.79 Å². The highest BCUT2D eigenvalue weighted by molar-refractivity contribution is 7.22. The van der Waals surface area contributed by atoms with Crippen LogP contribution in [0.25, 0.3) is 10.2 Å². The quantitative estimate of drug-likeness (QED) is 0.936. The van der Waals surface area contributed by atoms with Crippen LogP contribution >= 0.6 is 11.3 Å². The summed E-state index contributed by atoms with van der Waals surface area (Å²) >= 11 is 1.60. The van der Waals surface area contributed by atoms with Crippen molar-refractivity contribution in [2.75, 3.05) is 25.0 Å². The summed E-state index contributed by atoms with van der Waals surface area (Å²) in [5.74, 6) is 0.175. The van der Waals surface area contributed by atoms with E-state index in [9.17, 15) is 4.79 Å². The second kappa shape index (κ2) is 5.17. The number of para-hydroxylation sites is 1. The Balaban J connectivity index is 1.68. The third kappa shape index (κ3) is 2.56. The molecule has 19 heavy (non-hydrogen) atoms. The van der Waals surface area contributed by atoms with Gasteiger partial charge in [0, 0.05) is 13.1 Å². The topological polar surface area (TPSA) is 45.2 Å². The lowest BCUT2D eigenvalue weighted by atomic mass is 10.2.